The third-order valence-electron chi connectivity index (χ3n) is 1.80. The molecule has 10 heteroatoms. The molecule has 0 aliphatic heterocycles. The minimum Gasteiger partial charge on any atom is -0.360 e. The van der Waals surface area contributed by atoms with Crippen molar-refractivity contribution in [1.82, 2.24) is 15.5 Å². The van der Waals surface area contributed by atoms with Gasteiger partial charge in [-0.1, -0.05) is 18.3 Å². The number of nitrogens with zero attached hydrogens (tertiary/aromatic N) is 2. The van der Waals surface area contributed by atoms with Crippen LogP contribution in [0.4, 0.5) is 18.3 Å². The minimum absolute atomic E-state index is 0.0691. The first-order valence-corrected chi connectivity index (χ1v) is 7.29. The lowest BCUT2D eigenvalue weighted by molar-refractivity contribution is -0.0327. The van der Waals surface area contributed by atoms with E-state index < -0.39 is 11.4 Å². The molecule has 2 N–H and O–H groups in total. The number of carbonyl (C=O) groups is 1. The smallest absolute Gasteiger partial charge is 0.360 e. The predicted octanol–water partition coefficient (Wildman–Crippen LogP) is 2.34. The van der Waals surface area contributed by atoms with E-state index in [-0.39, 0.29) is 29.1 Å². The Kier molecular flexibility index (Phi) is 6.35. The van der Waals surface area contributed by atoms with Crippen molar-refractivity contribution < 1.29 is 18.0 Å². The summed E-state index contributed by atoms with van der Waals surface area (Å²) >= 11 is 0.897. The highest BCUT2D eigenvalue weighted by Crippen LogP contribution is 2.29. The molecule has 0 fully saturated rings. The molecule has 108 valence electrons. The van der Waals surface area contributed by atoms with Crippen molar-refractivity contribution in [3.05, 3.63) is 5.01 Å². The van der Waals surface area contributed by atoms with Gasteiger partial charge in [-0.05, 0) is 18.2 Å². The maximum atomic E-state index is 11.8. The third-order valence-corrected chi connectivity index (χ3v) is 3.41. The number of halogens is 3. The number of thioether (sulfide) groups is 1. The molecule has 0 bridgehead atoms. The molecule has 1 amide bonds. The highest BCUT2D eigenvalue weighted by molar-refractivity contribution is 8.00. The summed E-state index contributed by atoms with van der Waals surface area (Å²) < 4.78 is 35.5. The highest BCUT2D eigenvalue weighted by atomic mass is 32.2. The van der Waals surface area contributed by atoms with Crippen LogP contribution in [0.5, 0.6) is 0 Å². The zero-order valence-corrected chi connectivity index (χ0v) is 11.7. The van der Waals surface area contributed by atoms with Gasteiger partial charge in [-0.3, -0.25) is 4.79 Å². The summed E-state index contributed by atoms with van der Waals surface area (Å²) in [4.78, 5) is 11.5. The van der Waals surface area contributed by atoms with E-state index in [9.17, 15) is 18.0 Å². The highest BCUT2D eigenvalue weighted by Gasteiger charge is 2.27. The van der Waals surface area contributed by atoms with Gasteiger partial charge in [-0.25, -0.2) is 0 Å². The quantitative estimate of drug-likeness (QED) is 0.756. The van der Waals surface area contributed by atoms with Gasteiger partial charge in [0.2, 0.25) is 10.1 Å². The average molecular weight is 314 g/mol. The van der Waals surface area contributed by atoms with Crippen LogP contribution in [0.15, 0.2) is 0 Å². The summed E-state index contributed by atoms with van der Waals surface area (Å²) in [5.41, 5.74) is -4.27. The summed E-state index contributed by atoms with van der Waals surface area (Å²) in [6.07, 6.45) is 0.912. The summed E-state index contributed by atoms with van der Waals surface area (Å²) in [5.74, 6) is -0.737. The Labute approximate surface area is 116 Å². The summed E-state index contributed by atoms with van der Waals surface area (Å²) in [6.45, 7) is 2.64. The first kappa shape index (κ1) is 16.0. The Hall–Kier alpha value is -1.03. The van der Waals surface area contributed by atoms with E-state index in [1.165, 1.54) is 0 Å². The average Bonchev–Trinajstić information content (AvgIpc) is 2.79. The molecule has 0 aliphatic rings. The molecule has 1 heterocycles. The lowest BCUT2D eigenvalue weighted by atomic mass is 10.5. The molecule has 1 aromatic rings. The fourth-order valence-electron chi connectivity index (χ4n) is 1.03. The predicted molar refractivity (Wildman–Crippen MR) is 69.5 cm³/mol. The minimum atomic E-state index is -4.27. The van der Waals surface area contributed by atoms with Crippen LogP contribution < -0.4 is 10.6 Å². The van der Waals surface area contributed by atoms with Gasteiger partial charge in [0.15, 0.2) is 0 Å². The van der Waals surface area contributed by atoms with Crippen molar-refractivity contribution in [2.45, 2.75) is 18.9 Å². The second-order valence-electron chi connectivity index (χ2n) is 3.39. The van der Waals surface area contributed by atoms with Gasteiger partial charge in [-0.2, -0.15) is 13.2 Å². The van der Waals surface area contributed by atoms with E-state index in [4.69, 9.17) is 0 Å². The van der Waals surface area contributed by atoms with Crippen LogP contribution in [0.25, 0.3) is 0 Å². The van der Waals surface area contributed by atoms with E-state index in [0.717, 1.165) is 24.3 Å². The molecule has 1 rings (SSSR count). The van der Waals surface area contributed by atoms with E-state index in [1.807, 2.05) is 6.92 Å². The number of hydrogen-bond acceptors (Lipinski definition) is 6. The molecule has 0 unspecified atom stereocenters. The van der Waals surface area contributed by atoms with Gasteiger partial charge in [0, 0.05) is 18.8 Å². The molecular weight excluding hydrogens is 301 g/mol. The molecule has 0 saturated carbocycles. The Bertz CT molecular complexity index is 410. The van der Waals surface area contributed by atoms with Gasteiger partial charge in [0.05, 0.1) is 0 Å². The second-order valence-corrected chi connectivity index (χ2v) is 5.53. The Morgan fingerprint density at radius 1 is 1.37 bits per heavy atom. The van der Waals surface area contributed by atoms with Gasteiger partial charge in [0.25, 0.3) is 5.91 Å². The van der Waals surface area contributed by atoms with Crippen molar-refractivity contribution in [3.63, 3.8) is 0 Å². The van der Waals surface area contributed by atoms with Gasteiger partial charge >= 0.3 is 5.51 Å². The first-order chi connectivity index (χ1) is 8.92. The number of carbonyl (C=O) groups excluding carboxylic acids is 1. The number of hydrogen-bond donors (Lipinski definition) is 2. The Morgan fingerprint density at radius 2 is 2.11 bits per heavy atom. The van der Waals surface area contributed by atoms with Crippen LogP contribution in [-0.2, 0) is 0 Å². The summed E-state index contributed by atoms with van der Waals surface area (Å²) in [7, 11) is 0. The lowest BCUT2D eigenvalue weighted by Crippen LogP contribution is -2.26. The largest absolute Gasteiger partial charge is 0.441 e. The van der Waals surface area contributed by atoms with Crippen molar-refractivity contribution in [2.24, 2.45) is 0 Å². The molecule has 5 nitrogen and oxygen atoms in total. The molecule has 0 saturated heterocycles. The SMILES string of the molecule is CCCNc1nnc(C(=O)NCCSC(F)(F)F)s1. The zero-order chi connectivity index (χ0) is 14.3. The van der Waals surface area contributed by atoms with Gasteiger partial charge < -0.3 is 10.6 Å². The molecule has 0 atom stereocenters. The van der Waals surface area contributed by atoms with E-state index in [1.54, 1.807) is 0 Å². The Balaban J connectivity index is 2.31. The second kappa shape index (κ2) is 7.53. The van der Waals surface area contributed by atoms with Crippen molar-refractivity contribution in [3.8, 4) is 0 Å². The summed E-state index contributed by atoms with van der Waals surface area (Å²) in [6, 6.07) is 0. The van der Waals surface area contributed by atoms with E-state index in [0.29, 0.717) is 5.13 Å². The van der Waals surface area contributed by atoms with E-state index in [2.05, 4.69) is 20.8 Å². The number of aromatic nitrogens is 2. The monoisotopic (exact) mass is 314 g/mol. The van der Waals surface area contributed by atoms with Crippen LogP contribution in [0.3, 0.4) is 0 Å². The summed E-state index contributed by atoms with van der Waals surface area (Å²) in [5, 5.41) is 13.4. The number of anilines is 1. The van der Waals surface area contributed by atoms with E-state index >= 15 is 0 Å². The Morgan fingerprint density at radius 3 is 2.74 bits per heavy atom. The van der Waals surface area contributed by atoms with Crippen LogP contribution in [0.2, 0.25) is 0 Å². The molecule has 0 spiro atoms. The van der Waals surface area contributed by atoms with Crippen LogP contribution in [0, 0.1) is 0 Å². The molecule has 1 aromatic heterocycles. The fraction of sp³-hybridized carbons (Fsp3) is 0.667. The molecular formula is C9H13F3N4OS2. The number of alkyl halides is 3. The number of rotatable bonds is 7. The standard InChI is InChI=1S/C9H13F3N4OS2/c1-2-3-14-8-16-15-7(19-8)6(17)13-4-5-18-9(10,11)12/h2-5H2,1H3,(H,13,17)(H,14,16). The van der Waals surface area contributed by atoms with Gasteiger partial charge in [0.1, 0.15) is 0 Å². The third kappa shape index (κ3) is 6.62. The lowest BCUT2D eigenvalue weighted by Gasteiger charge is -2.05. The molecule has 19 heavy (non-hydrogen) atoms. The van der Waals surface area contributed by atoms with Crippen LogP contribution in [0.1, 0.15) is 23.1 Å². The molecule has 0 radical (unpaired) electrons. The van der Waals surface area contributed by atoms with Crippen molar-refractivity contribution >= 4 is 34.1 Å². The maximum Gasteiger partial charge on any atom is 0.441 e. The number of nitrogens with one attached hydrogen (secondary N) is 2. The maximum absolute atomic E-state index is 11.8. The molecule has 0 aliphatic carbocycles. The molecule has 0 aromatic carbocycles. The van der Waals surface area contributed by atoms with Crippen molar-refractivity contribution in [1.29, 1.82) is 0 Å². The normalized spacial score (nSPS) is 11.4. The topological polar surface area (TPSA) is 66.9 Å². The number of amides is 1. The van der Waals surface area contributed by atoms with Crippen molar-refractivity contribution in [2.75, 3.05) is 24.2 Å². The van der Waals surface area contributed by atoms with Gasteiger partial charge in [-0.15, -0.1) is 10.2 Å². The fourth-order valence-corrected chi connectivity index (χ4v) is 2.15. The van der Waals surface area contributed by atoms with Crippen LogP contribution >= 0.6 is 23.1 Å². The zero-order valence-electron chi connectivity index (χ0n) is 10.1. The van der Waals surface area contributed by atoms with Crippen LogP contribution in [-0.4, -0.2) is 40.5 Å². The first-order valence-electron chi connectivity index (χ1n) is 5.48.